The second kappa shape index (κ2) is 5.75. The molecule has 0 aliphatic heterocycles. The van der Waals surface area contributed by atoms with Gasteiger partial charge in [-0.1, -0.05) is 6.92 Å². The molecule has 0 radical (unpaired) electrons. The van der Waals surface area contributed by atoms with E-state index in [0.29, 0.717) is 12.2 Å². The highest BCUT2D eigenvalue weighted by atomic mass is 16.5. The number of aromatic carboxylic acids is 1. The van der Waals surface area contributed by atoms with E-state index in [2.05, 4.69) is 0 Å². The summed E-state index contributed by atoms with van der Waals surface area (Å²) in [6.45, 7) is 1.79. The first kappa shape index (κ1) is 12.8. The molecule has 0 saturated carbocycles. The first-order chi connectivity index (χ1) is 8.12. The Hall–Kier alpha value is -2.22. The van der Waals surface area contributed by atoms with Crippen LogP contribution in [0.15, 0.2) is 18.2 Å². The van der Waals surface area contributed by atoms with E-state index in [1.165, 1.54) is 19.2 Å². The lowest BCUT2D eigenvalue weighted by Gasteiger charge is -2.13. The highest BCUT2D eigenvalue weighted by Crippen LogP contribution is 2.25. The largest absolute Gasteiger partial charge is 0.497 e. The Morgan fingerprint density at radius 2 is 2.29 bits per heavy atom. The molecule has 1 N–H and O–H groups in total. The molecule has 1 aromatic carbocycles. The standard InChI is InChI=1S/C12H13NO4/c1-3-8(7-13)17-11-5-4-9(16-2)6-10(11)12(14)15/h4-6,8H,3H2,1-2H3,(H,14,15). The molecule has 1 rings (SSSR count). The Labute approximate surface area is 99.2 Å². The monoisotopic (exact) mass is 235 g/mol. The second-order valence-corrected chi connectivity index (χ2v) is 3.31. The van der Waals surface area contributed by atoms with Gasteiger partial charge in [-0.25, -0.2) is 4.79 Å². The number of carboxylic acids is 1. The summed E-state index contributed by atoms with van der Waals surface area (Å²) in [4.78, 5) is 11.0. The minimum Gasteiger partial charge on any atom is -0.497 e. The smallest absolute Gasteiger partial charge is 0.339 e. The molecule has 0 bridgehead atoms. The van der Waals surface area contributed by atoms with Crippen molar-refractivity contribution in [3.05, 3.63) is 23.8 Å². The van der Waals surface area contributed by atoms with E-state index in [0.717, 1.165) is 0 Å². The van der Waals surface area contributed by atoms with Crippen molar-refractivity contribution in [1.29, 1.82) is 5.26 Å². The third-order valence-corrected chi connectivity index (χ3v) is 2.20. The van der Waals surface area contributed by atoms with Gasteiger partial charge in [0.05, 0.1) is 7.11 Å². The van der Waals surface area contributed by atoms with Crippen LogP contribution in [0.3, 0.4) is 0 Å². The molecule has 17 heavy (non-hydrogen) atoms. The first-order valence-corrected chi connectivity index (χ1v) is 5.10. The molecule has 0 heterocycles. The summed E-state index contributed by atoms with van der Waals surface area (Å²) in [5.74, 6) is -0.516. The van der Waals surface area contributed by atoms with Crippen molar-refractivity contribution in [3.8, 4) is 17.6 Å². The fourth-order valence-corrected chi connectivity index (χ4v) is 1.26. The quantitative estimate of drug-likeness (QED) is 0.845. The number of rotatable bonds is 5. The average molecular weight is 235 g/mol. The predicted molar refractivity (Wildman–Crippen MR) is 60.3 cm³/mol. The third kappa shape index (κ3) is 3.11. The Bertz CT molecular complexity index is 450. The predicted octanol–water partition coefficient (Wildman–Crippen LogP) is 2.07. The van der Waals surface area contributed by atoms with Crippen molar-refractivity contribution >= 4 is 5.97 Å². The van der Waals surface area contributed by atoms with Crippen LogP contribution in [0.1, 0.15) is 23.7 Å². The summed E-state index contributed by atoms with van der Waals surface area (Å²) in [5, 5.41) is 17.8. The molecular formula is C12H13NO4. The molecule has 0 spiro atoms. The molecule has 0 fully saturated rings. The van der Waals surface area contributed by atoms with E-state index in [4.69, 9.17) is 19.8 Å². The Balaban J connectivity index is 3.07. The van der Waals surface area contributed by atoms with Gasteiger partial charge in [0.15, 0.2) is 6.10 Å². The van der Waals surface area contributed by atoms with Crippen LogP contribution in [0.4, 0.5) is 0 Å². The van der Waals surface area contributed by atoms with E-state index in [1.807, 2.05) is 6.07 Å². The lowest BCUT2D eigenvalue weighted by Crippen LogP contribution is -2.14. The van der Waals surface area contributed by atoms with Crippen molar-refractivity contribution in [3.63, 3.8) is 0 Å². The molecule has 0 aliphatic rings. The van der Waals surface area contributed by atoms with Crippen LogP contribution in [-0.4, -0.2) is 24.3 Å². The van der Waals surface area contributed by atoms with E-state index in [-0.39, 0.29) is 11.3 Å². The van der Waals surface area contributed by atoms with Crippen LogP contribution >= 0.6 is 0 Å². The maximum absolute atomic E-state index is 11.0. The highest BCUT2D eigenvalue weighted by Gasteiger charge is 2.16. The van der Waals surface area contributed by atoms with Crippen LogP contribution in [-0.2, 0) is 0 Å². The van der Waals surface area contributed by atoms with Crippen molar-refractivity contribution in [2.45, 2.75) is 19.4 Å². The van der Waals surface area contributed by atoms with Crippen molar-refractivity contribution < 1.29 is 19.4 Å². The summed E-state index contributed by atoms with van der Waals surface area (Å²) in [7, 11) is 1.45. The van der Waals surface area contributed by atoms with Crippen LogP contribution in [0.5, 0.6) is 11.5 Å². The molecular weight excluding hydrogens is 222 g/mol. The van der Waals surface area contributed by atoms with Gasteiger partial charge >= 0.3 is 5.97 Å². The van der Waals surface area contributed by atoms with E-state index >= 15 is 0 Å². The van der Waals surface area contributed by atoms with Gasteiger partial charge in [0.1, 0.15) is 23.1 Å². The van der Waals surface area contributed by atoms with Gasteiger partial charge in [-0.3, -0.25) is 0 Å². The van der Waals surface area contributed by atoms with Crippen LogP contribution in [0.25, 0.3) is 0 Å². The van der Waals surface area contributed by atoms with E-state index in [9.17, 15) is 4.79 Å². The van der Waals surface area contributed by atoms with Crippen molar-refractivity contribution in [2.75, 3.05) is 7.11 Å². The highest BCUT2D eigenvalue weighted by molar-refractivity contribution is 5.91. The van der Waals surface area contributed by atoms with Crippen molar-refractivity contribution in [2.24, 2.45) is 0 Å². The molecule has 1 atom stereocenters. The molecule has 0 aliphatic carbocycles. The van der Waals surface area contributed by atoms with Gasteiger partial charge in [-0.05, 0) is 24.6 Å². The molecule has 5 heteroatoms. The van der Waals surface area contributed by atoms with Crippen LogP contribution in [0, 0.1) is 11.3 Å². The average Bonchev–Trinajstić information content (AvgIpc) is 2.35. The number of methoxy groups -OCH3 is 1. The Morgan fingerprint density at radius 1 is 1.59 bits per heavy atom. The third-order valence-electron chi connectivity index (χ3n) is 2.20. The van der Waals surface area contributed by atoms with Gasteiger partial charge in [0, 0.05) is 0 Å². The summed E-state index contributed by atoms with van der Waals surface area (Å²) in [6, 6.07) is 6.39. The maximum atomic E-state index is 11.0. The lowest BCUT2D eigenvalue weighted by atomic mass is 10.2. The Kier molecular flexibility index (Phi) is 4.35. The summed E-state index contributed by atoms with van der Waals surface area (Å²) in [5.41, 5.74) is -0.0157. The molecule has 1 aromatic rings. The van der Waals surface area contributed by atoms with E-state index in [1.54, 1.807) is 13.0 Å². The van der Waals surface area contributed by atoms with Gasteiger partial charge in [-0.2, -0.15) is 5.26 Å². The zero-order chi connectivity index (χ0) is 12.8. The fraction of sp³-hybridized carbons (Fsp3) is 0.333. The van der Waals surface area contributed by atoms with E-state index < -0.39 is 12.1 Å². The number of hydrogen-bond donors (Lipinski definition) is 1. The number of ether oxygens (including phenoxy) is 2. The maximum Gasteiger partial charge on any atom is 0.339 e. The molecule has 5 nitrogen and oxygen atoms in total. The minimum atomic E-state index is -1.12. The minimum absolute atomic E-state index is 0.0157. The zero-order valence-corrected chi connectivity index (χ0v) is 9.64. The summed E-state index contributed by atoms with van der Waals surface area (Å²) < 4.78 is 10.2. The summed E-state index contributed by atoms with van der Waals surface area (Å²) >= 11 is 0. The molecule has 0 aromatic heterocycles. The lowest BCUT2D eigenvalue weighted by molar-refractivity contribution is 0.0690. The fourth-order valence-electron chi connectivity index (χ4n) is 1.26. The van der Waals surface area contributed by atoms with Gasteiger partial charge in [0.25, 0.3) is 0 Å². The number of carboxylic acid groups (broad SMARTS) is 1. The first-order valence-electron chi connectivity index (χ1n) is 5.10. The molecule has 1 unspecified atom stereocenters. The number of carbonyl (C=O) groups is 1. The van der Waals surface area contributed by atoms with Crippen LogP contribution in [0.2, 0.25) is 0 Å². The summed E-state index contributed by atoms with van der Waals surface area (Å²) in [6.07, 6.45) is -0.164. The van der Waals surface area contributed by atoms with Crippen molar-refractivity contribution in [1.82, 2.24) is 0 Å². The van der Waals surface area contributed by atoms with Gasteiger partial charge < -0.3 is 14.6 Å². The van der Waals surface area contributed by atoms with Gasteiger partial charge in [0.2, 0.25) is 0 Å². The number of nitrogens with zero attached hydrogens (tertiary/aromatic N) is 1. The van der Waals surface area contributed by atoms with Gasteiger partial charge in [-0.15, -0.1) is 0 Å². The molecule has 0 amide bonds. The van der Waals surface area contributed by atoms with Crippen LogP contribution < -0.4 is 9.47 Å². The normalized spacial score (nSPS) is 11.4. The molecule has 0 saturated heterocycles. The zero-order valence-electron chi connectivity index (χ0n) is 9.64. The second-order valence-electron chi connectivity index (χ2n) is 3.31. The Morgan fingerprint density at radius 3 is 2.76 bits per heavy atom. The number of nitriles is 1. The number of benzene rings is 1. The SMILES string of the molecule is CCC(C#N)Oc1ccc(OC)cc1C(=O)O. The number of hydrogen-bond acceptors (Lipinski definition) is 4. The molecule has 90 valence electrons. The topological polar surface area (TPSA) is 79.5 Å².